The standard InChI is InChI=1S/C23H27FN4O4/c1-16(23(30)25-13-17-2-7-20-21(12-17)32-15-31-20)28-10-8-27(9-11-28)14-22(29)26-19-5-3-18(24)4-6-19/h2-7,12,16H,8-11,13-15H2,1H3,(H,25,30)(H,26,29)/t16-/m1/s1. The van der Waals surface area contributed by atoms with E-state index >= 15 is 0 Å². The summed E-state index contributed by atoms with van der Waals surface area (Å²) in [5.74, 6) is 0.903. The van der Waals surface area contributed by atoms with E-state index in [0.29, 0.717) is 44.2 Å². The van der Waals surface area contributed by atoms with E-state index in [1.165, 1.54) is 24.3 Å². The molecule has 0 radical (unpaired) electrons. The van der Waals surface area contributed by atoms with Gasteiger partial charge in [-0.1, -0.05) is 6.07 Å². The second-order valence-corrected chi connectivity index (χ2v) is 7.95. The molecule has 2 aromatic rings. The zero-order valence-electron chi connectivity index (χ0n) is 18.0. The molecule has 2 aromatic carbocycles. The van der Waals surface area contributed by atoms with Crippen molar-refractivity contribution in [2.75, 3.05) is 44.8 Å². The van der Waals surface area contributed by atoms with E-state index < -0.39 is 0 Å². The lowest BCUT2D eigenvalue weighted by molar-refractivity contribution is -0.127. The zero-order chi connectivity index (χ0) is 22.5. The number of benzene rings is 2. The van der Waals surface area contributed by atoms with Crippen LogP contribution in [0.15, 0.2) is 42.5 Å². The molecule has 2 aliphatic heterocycles. The maximum atomic E-state index is 13.0. The number of piperazine rings is 1. The van der Waals surface area contributed by atoms with Crippen molar-refractivity contribution in [1.29, 1.82) is 0 Å². The van der Waals surface area contributed by atoms with Crippen LogP contribution in [0.4, 0.5) is 10.1 Å². The number of nitrogens with one attached hydrogen (secondary N) is 2. The van der Waals surface area contributed by atoms with E-state index in [2.05, 4.69) is 15.5 Å². The van der Waals surface area contributed by atoms with Crippen LogP contribution in [-0.4, -0.2) is 67.2 Å². The van der Waals surface area contributed by atoms with E-state index in [4.69, 9.17) is 9.47 Å². The highest BCUT2D eigenvalue weighted by molar-refractivity contribution is 5.92. The molecule has 0 aliphatic carbocycles. The second kappa shape index (κ2) is 9.97. The fourth-order valence-electron chi connectivity index (χ4n) is 3.80. The van der Waals surface area contributed by atoms with E-state index in [0.717, 1.165) is 11.3 Å². The molecule has 0 saturated carbocycles. The van der Waals surface area contributed by atoms with Crippen LogP contribution in [0.2, 0.25) is 0 Å². The average molecular weight is 442 g/mol. The molecule has 2 amide bonds. The van der Waals surface area contributed by atoms with Gasteiger partial charge in [0.15, 0.2) is 11.5 Å². The fourth-order valence-corrected chi connectivity index (χ4v) is 3.80. The summed E-state index contributed by atoms with van der Waals surface area (Å²) in [5.41, 5.74) is 1.52. The van der Waals surface area contributed by atoms with Crippen molar-refractivity contribution in [2.24, 2.45) is 0 Å². The minimum atomic E-state index is -0.340. The minimum Gasteiger partial charge on any atom is -0.454 e. The van der Waals surface area contributed by atoms with Crippen LogP contribution in [0, 0.1) is 5.82 Å². The van der Waals surface area contributed by atoms with Gasteiger partial charge in [0.05, 0.1) is 12.6 Å². The summed E-state index contributed by atoms with van der Waals surface area (Å²) < 4.78 is 23.7. The molecular formula is C23H27FN4O4. The van der Waals surface area contributed by atoms with Gasteiger partial charge in [0.1, 0.15) is 5.82 Å². The molecule has 1 saturated heterocycles. The summed E-state index contributed by atoms with van der Waals surface area (Å²) in [5, 5.41) is 5.76. The van der Waals surface area contributed by atoms with E-state index in [-0.39, 0.29) is 37.0 Å². The number of rotatable bonds is 7. The topological polar surface area (TPSA) is 83.1 Å². The van der Waals surface area contributed by atoms with Crippen molar-refractivity contribution in [3.63, 3.8) is 0 Å². The van der Waals surface area contributed by atoms with Gasteiger partial charge in [0.2, 0.25) is 18.6 Å². The number of ether oxygens (including phenoxy) is 2. The van der Waals surface area contributed by atoms with Crippen molar-refractivity contribution in [1.82, 2.24) is 15.1 Å². The second-order valence-electron chi connectivity index (χ2n) is 7.95. The van der Waals surface area contributed by atoms with E-state index in [1.54, 1.807) is 0 Å². The Labute approximate surface area is 186 Å². The number of nitrogens with zero attached hydrogens (tertiary/aromatic N) is 2. The van der Waals surface area contributed by atoms with Gasteiger partial charge in [-0.2, -0.15) is 0 Å². The lowest BCUT2D eigenvalue weighted by Gasteiger charge is -2.37. The molecule has 1 atom stereocenters. The fraction of sp³-hybridized carbons (Fsp3) is 0.391. The summed E-state index contributed by atoms with van der Waals surface area (Å²) in [6, 6.07) is 11.1. The Bertz CT molecular complexity index is 961. The molecule has 0 bridgehead atoms. The average Bonchev–Trinajstić information content (AvgIpc) is 3.27. The van der Waals surface area contributed by atoms with Gasteiger partial charge in [-0.05, 0) is 48.9 Å². The molecular weight excluding hydrogens is 415 g/mol. The maximum absolute atomic E-state index is 13.0. The number of hydrogen-bond acceptors (Lipinski definition) is 6. The van der Waals surface area contributed by atoms with Crippen molar-refractivity contribution in [3.05, 3.63) is 53.8 Å². The lowest BCUT2D eigenvalue weighted by atomic mass is 10.1. The third-order valence-corrected chi connectivity index (χ3v) is 5.73. The summed E-state index contributed by atoms with van der Waals surface area (Å²) >= 11 is 0. The Balaban J connectivity index is 1.19. The number of anilines is 1. The van der Waals surface area contributed by atoms with E-state index in [1.807, 2.05) is 30.0 Å². The molecule has 8 nitrogen and oxygen atoms in total. The summed E-state index contributed by atoms with van der Waals surface area (Å²) in [7, 11) is 0. The predicted octanol–water partition coefficient (Wildman–Crippen LogP) is 1.82. The van der Waals surface area contributed by atoms with Crippen LogP contribution >= 0.6 is 0 Å². The van der Waals surface area contributed by atoms with Crippen molar-refractivity contribution >= 4 is 17.5 Å². The number of hydrogen-bond donors (Lipinski definition) is 2. The molecule has 0 aromatic heterocycles. The highest BCUT2D eigenvalue weighted by Gasteiger charge is 2.26. The molecule has 2 aliphatic rings. The molecule has 2 heterocycles. The normalized spacial score (nSPS) is 17.1. The summed E-state index contributed by atoms with van der Waals surface area (Å²) in [6.07, 6.45) is 0. The minimum absolute atomic E-state index is 0.0369. The number of fused-ring (bicyclic) bond motifs is 1. The van der Waals surface area contributed by atoms with Crippen LogP contribution in [-0.2, 0) is 16.1 Å². The van der Waals surface area contributed by atoms with Gasteiger partial charge >= 0.3 is 0 Å². The van der Waals surface area contributed by atoms with Gasteiger partial charge in [-0.3, -0.25) is 19.4 Å². The summed E-state index contributed by atoms with van der Waals surface area (Å²) in [6.45, 7) is 5.57. The van der Waals surface area contributed by atoms with Crippen LogP contribution in [0.5, 0.6) is 11.5 Å². The Hall–Kier alpha value is -3.17. The number of halogens is 1. The Morgan fingerprint density at radius 3 is 2.50 bits per heavy atom. The molecule has 0 spiro atoms. The molecule has 170 valence electrons. The third kappa shape index (κ3) is 5.54. The quantitative estimate of drug-likeness (QED) is 0.681. The molecule has 4 rings (SSSR count). The summed E-state index contributed by atoms with van der Waals surface area (Å²) in [4.78, 5) is 29.0. The first-order valence-electron chi connectivity index (χ1n) is 10.7. The van der Waals surface area contributed by atoms with Gasteiger partial charge in [-0.15, -0.1) is 0 Å². The molecule has 2 N–H and O–H groups in total. The van der Waals surface area contributed by atoms with Crippen LogP contribution < -0.4 is 20.1 Å². The number of carbonyl (C=O) groups excluding carboxylic acids is 2. The molecule has 1 fully saturated rings. The highest BCUT2D eigenvalue weighted by Crippen LogP contribution is 2.32. The van der Waals surface area contributed by atoms with Gasteiger partial charge in [0, 0.05) is 38.4 Å². The number of amides is 2. The first-order valence-corrected chi connectivity index (χ1v) is 10.7. The Morgan fingerprint density at radius 2 is 1.75 bits per heavy atom. The van der Waals surface area contributed by atoms with Crippen molar-refractivity contribution in [3.8, 4) is 11.5 Å². The van der Waals surface area contributed by atoms with Gasteiger partial charge in [-0.25, -0.2) is 4.39 Å². The van der Waals surface area contributed by atoms with Crippen molar-refractivity contribution in [2.45, 2.75) is 19.5 Å². The van der Waals surface area contributed by atoms with Crippen molar-refractivity contribution < 1.29 is 23.5 Å². The van der Waals surface area contributed by atoms with Crippen LogP contribution in [0.1, 0.15) is 12.5 Å². The first kappa shape index (κ1) is 22.0. The molecule has 0 unspecified atom stereocenters. The SMILES string of the molecule is C[C@H](C(=O)NCc1ccc2c(c1)OCO2)N1CCN(CC(=O)Nc2ccc(F)cc2)CC1. The highest BCUT2D eigenvalue weighted by atomic mass is 19.1. The largest absolute Gasteiger partial charge is 0.454 e. The van der Waals surface area contributed by atoms with E-state index in [9.17, 15) is 14.0 Å². The zero-order valence-corrected chi connectivity index (χ0v) is 18.0. The smallest absolute Gasteiger partial charge is 0.238 e. The molecule has 9 heteroatoms. The lowest BCUT2D eigenvalue weighted by Crippen LogP contribution is -2.54. The Kier molecular flexibility index (Phi) is 6.87. The maximum Gasteiger partial charge on any atom is 0.238 e. The number of carbonyl (C=O) groups is 2. The van der Waals surface area contributed by atoms with Gasteiger partial charge < -0.3 is 20.1 Å². The van der Waals surface area contributed by atoms with Crippen LogP contribution in [0.25, 0.3) is 0 Å². The predicted molar refractivity (Wildman–Crippen MR) is 117 cm³/mol. The monoisotopic (exact) mass is 442 g/mol. The molecule has 32 heavy (non-hydrogen) atoms. The van der Waals surface area contributed by atoms with Crippen LogP contribution in [0.3, 0.4) is 0 Å². The third-order valence-electron chi connectivity index (χ3n) is 5.73. The Morgan fingerprint density at radius 1 is 1.03 bits per heavy atom. The first-order chi connectivity index (χ1) is 15.5. The van der Waals surface area contributed by atoms with Gasteiger partial charge in [0.25, 0.3) is 0 Å².